The van der Waals surface area contributed by atoms with Gasteiger partial charge in [0.2, 0.25) is 0 Å². The number of rotatable bonds is 6. The fraction of sp³-hybridized carbons (Fsp3) is 0. The second-order valence-corrected chi connectivity index (χ2v) is 8.96. The van der Waals surface area contributed by atoms with Crippen LogP contribution < -0.4 is 4.72 Å². The van der Waals surface area contributed by atoms with Crippen LogP contribution in [0.3, 0.4) is 0 Å². The summed E-state index contributed by atoms with van der Waals surface area (Å²) >= 11 is 1.24. The standard InChI is InChI=1S/C21H14FN3O4S2/c22-18-10-3-1-8-16(18)21-23-20(13-30-21)17-9-2-4-11-19(17)24-31(28,29)15-7-5-6-14(12-15)25(26)27/h1-13,24H. The maximum atomic E-state index is 14.1. The third kappa shape index (κ3) is 4.30. The predicted molar refractivity (Wildman–Crippen MR) is 117 cm³/mol. The number of nitrogens with one attached hydrogen (secondary N) is 1. The van der Waals surface area contributed by atoms with E-state index in [0.29, 0.717) is 21.8 Å². The lowest BCUT2D eigenvalue weighted by atomic mass is 10.1. The van der Waals surface area contributed by atoms with Gasteiger partial charge in [0.25, 0.3) is 15.7 Å². The van der Waals surface area contributed by atoms with Crippen molar-refractivity contribution in [3.63, 3.8) is 0 Å². The highest BCUT2D eigenvalue weighted by Gasteiger charge is 2.20. The molecule has 0 saturated carbocycles. The molecule has 4 rings (SSSR count). The number of hydrogen-bond donors (Lipinski definition) is 1. The third-order valence-electron chi connectivity index (χ3n) is 4.39. The van der Waals surface area contributed by atoms with Gasteiger partial charge in [0, 0.05) is 28.6 Å². The zero-order chi connectivity index (χ0) is 22.0. The minimum Gasteiger partial charge on any atom is -0.279 e. The van der Waals surface area contributed by atoms with Crippen LogP contribution in [0.1, 0.15) is 0 Å². The maximum Gasteiger partial charge on any atom is 0.270 e. The molecule has 1 N–H and O–H groups in total. The first-order chi connectivity index (χ1) is 14.8. The van der Waals surface area contributed by atoms with Gasteiger partial charge in [0.1, 0.15) is 10.8 Å². The summed E-state index contributed by atoms with van der Waals surface area (Å²) in [5, 5.41) is 13.2. The minimum absolute atomic E-state index is 0.234. The van der Waals surface area contributed by atoms with E-state index in [4.69, 9.17) is 0 Å². The number of halogens is 1. The molecule has 3 aromatic carbocycles. The monoisotopic (exact) mass is 455 g/mol. The van der Waals surface area contributed by atoms with E-state index in [1.807, 2.05) is 0 Å². The van der Waals surface area contributed by atoms with E-state index in [1.54, 1.807) is 47.8 Å². The zero-order valence-corrected chi connectivity index (χ0v) is 17.4. The van der Waals surface area contributed by atoms with Gasteiger partial charge in [-0.1, -0.05) is 36.4 Å². The normalized spacial score (nSPS) is 11.3. The molecule has 0 aliphatic heterocycles. The van der Waals surface area contributed by atoms with Crippen LogP contribution in [0.2, 0.25) is 0 Å². The Labute approximate surface area is 181 Å². The number of hydrogen-bond acceptors (Lipinski definition) is 6. The predicted octanol–water partition coefficient (Wildman–Crippen LogP) is 5.33. The molecule has 10 heteroatoms. The lowest BCUT2D eigenvalue weighted by Crippen LogP contribution is -2.13. The molecule has 31 heavy (non-hydrogen) atoms. The Morgan fingerprint density at radius 3 is 2.42 bits per heavy atom. The molecular weight excluding hydrogens is 441 g/mol. The van der Waals surface area contributed by atoms with Crippen molar-refractivity contribution in [2.45, 2.75) is 4.90 Å². The average Bonchev–Trinajstić information content (AvgIpc) is 3.24. The highest BCUT2D eigenvalue weighted by Crippen LogP contribution is 2.34. The number of nitro benzene ring substituents is 1. The van der Waals surface area contributed by atoms with E-state index in [9.17, 15) is 22.9 Å². The number of anilines is 1. The number of nitro groups is 1. The second kappa shape index (κ2) is 8.25. The van der Waals surface area contributed by atoms with Crippen molar-refractivity contribution in [3.05, 3.63) is 94.1 Å². The molecular formula is C21H14FN3O4S2. The Hall–Kier alpha value is -3.63. The first kappa shape index (κ1) is 20.6. The molecule has 0 fully saturated rings. The van der Waals surface area contributed by atoms with Gasteiger partial charge in [-0.2, -0.15) is 0 Å². The summed E-state index contributed by atoms with van der Waals surface area (Å²) in [6.45, 7) is 0. The van der Waals surface area contributed by atoms with Crippen molar-refractivity contribution in [3.8, 4) is 21.8 Å². The number of non-ortho nitro benzene ring substituents is 1. The van der Waals surface area contributed by atoms with Crippen LogP contribution in [-0.2, 0) is 10.0 Å². The zero-order valence-electron chi connectivity index (χ0n) is 15.7. The van der Waals surface area contributed by atoms with Crippen LogP contribution in [0.25, 0.3) is 21.8 Å². The molecule has 1 heterocycles. The van der Waals surface area contributed by atoms with E-state index in [-0.39, 0.29) is 16.3 Å². The van der Waals surface area contributed by atoms with Crippen LogP contribution in [0, 0.1) is 15.9 Å². The lowest BCUT2D eigenvalue weighted by molar-refractivity contribution is -0.385. The molecule has 0 aliphatic carbocycles. The van der Waals surface area contributed by atoms with E-state index >= 15 is 0 Å². The van der Waals surface area contributed by atoms with Crippen molar-refractivity contribution in [2.75, 3.05) is 4.72 Å². The summed E-state index contributed by atoms with van der Waals surface area (Å²) in [6, 6.07) is 17.7. The molecule has 0 spiro atoms. The van der Waals surface area contributed by atoms with Gasteiger partial charge in [-0.15, -0.1) is 11.3 Å². The van der Waals surface area contributed by atoms with Crippen LogP contribution in [0.5, 0.6) is 0 Å². The van der Waals surface area contributed by atoms with Gasteiger partial charge >= 0.3 is 0 Å². The highest BCUT2D eigenvalue weighted by atomic mass is 32.2. The topological polar surface area (TPSA) is 102 Å². The first-order valence-electron chi connectivity index (χ1n) is 8.92. The molecule has 7 nitrogen and oxygen atoms in total. The Morgan fingerprint density at radius 2 is 1.68 bits per heavy atom. The lowest BCUT2D eigenvalue weighted by Gasteiger charge is -2.11. The Balaban J connectivity index is 1.70. The third-order valence-corrected chi connectivity index (χ3v) is 6.63. The van der Waals surface area contributed by atoms with Gasteiger partial charge in [-0.3, -0.25) is 14.8 Å². The minimum atomic E-state index is -4.09. The van der Waals surface area contributed by atoms with E-state index < -0.39 is 20.8 Å². The van der Waals surface area contributed by atoms with E-state index in [1.165, 1.54) is 35.6 Å². The van der Waals surface area contributed by atoms with Crippen molar-refractivity contribution in [1.82, 2.24) is 4.98 Å². The number of benzene rings is 3. The van der Waals surface area contributed by atoms with Crippen molar-refractivity contribution < 1.29 is 17.7 Å². The van der Waals surface area contributed by atoms with Gasteiger partial charge < -0.3 is 0 Å². The van der Waals surface area contributed by atoms with Gasteiger partial charge in [0.05, 0.1) is 21.2 Å². The Kier molecular flexibility index (Phi) is 5.49. The SMILES string of the molecule is O=[N+]([O-])c1cccc(S(=O)(=O)Nc2ccccc2-c2csc(-c3ccccc3F)n2)c1. The molecule has 4 aromatic rings. The number of thiazole rings is 1. The molecule has 0 radical (unpaired) electrons. The van der Waals surface area contributed by atoms with Crippen molar-refractivity contribution >= 4 is 32.7 Å². The van der Waals surface area contributed by atoms with E-state index in [0.717, 1.165) is 6.07 Å². The molecule has 0 amide bonds. The average molecular weight is 455 g/mol. The molecule has 0 atom stereocenters. The molecule has 156 valence electrons. The number of nitrogens with zero attached hydrogens (tertiary/aromatic N) is 2. The number of sulfonamides is 1. The molecule has 1 aromatic heterocycles. The van der Waals surface area contributed by atoms with Crippen LogP contribution in [0.15, 0.2) is 83.1 Å². The highest BCUT2D eigenvalue weighted by molar-refractivity contribution is 7.92. The molecule has 0 bridgehead atoms. The Morgan fingerprint density at radius 1 is 0.968 bits per heavy atom. The first-order valence-corrected chi connectivity index (χ1v) is 11.3. The van der Waals surface area contributed by atoms with E-state index in [2.05, 4.69) is 9.71 Å². The summed E-state index contributed by atoms with van der Waals surface area (Å²) in [7, 11) is -4.09. The summed E-state index contributed by atoms with van der Waals surface area (Å²) in [4.78, 5) is 14.5. The summed E-state index contributed by atoms with van der Waals surface area (Å²) < 4.78 is 42.2. The van der Waals surface area contributed by atoms with Crippen LogP contribution >= 0.6 is 11.3 Å². The van der Waals surface area contributed by atoms with Crippen LogP contribution in [0.4, 0.5) is 15.8 Å². The second-order valence-electron chi connectivity index (χ2n) is 6.42. The number of aromatic nitrogens is 1. The van der Waals surface area contributed by atoms with Crippen LogP contribution in [-0.4, -0.2) is 18.3 Å². The summed E-state index contributed by atoms with van der Waals surface area (Å²) in [6.07, 6.45) is 0. The van der Waals surface area contributed by atoms with Gasteiger partial charge in [-0.05, 0) is 24.3 Å². The van der Waals surface area contributed by atoms with Crippen molar-refractivity contribution in [2.24, 2.45) is 0 Å². The van der Waals surface area contributed by atoms with Crippen molar-refractivity contribution in [1.29, 1.82) is 0 Å². The largest absolute Gasteiger partial charge is 0.279 e. The van der Waals surface area contributed by atoms with Gasteiger partial charge in [0.15, 0.2) is 0 Å². The molecule has 0 aliphatic rings. The molecule has 0 unspecified atom stereocenters. The smallest absolute Gasteiger partial charge is 0.270 e. The quantitative estimate of drug-likeness (QED) is 0.313. The maximum absolute atomic E-state index is 14.1. The summed E-state index contributed by atoms with van der Waals surface area (Å²) in [5.41, 5.74) is 1.24. The fourth-order valence-corrected chi connectivity index (χ4v) is 4.88. The van der Waals surface area contributed by atoms with Gasteiger partial charge in [-0.25, -0.2) is 17.8 Å². The Bertz CT molecular complexity index is 1390. The number of para-hydroxylation sites is 1. The fourth-order valence-electron chi connectivity index (χ4n) is 2.92. The summed E-state index contributed by atoms with van der Waals surface area (Å²) in [5.74, 6) is -0.400. The molecule has 0 saturated heterocycles.